The quantitative estimate of drug-likeness (QED) is 0.913. The predicted molar refractivity (Wildman–Crippen MR) is 94.6 cm³/mol. The van der Waals surface area contributed by atoms with Gasteiger partial charge in [-0.25, -0.2) is 0 Å². The maximum Gasteiger partial charge on any atom is 0.256 e. The van der Waals surface area contributed by atoms with Crippen LogP contribution in [-0.4, -0.2) is 36.3 Å². The lowest BCUT2D eigenvalue weighted by molar-refractivity contribution is -0.123. The Morgan fingerprint density at radius 1 is 1.08 bits per heavy atom. The summed E-state index contributed by atoms with van der Waals surface area (Å²) in [5, 5.41) is 6.10. The average molecular weight is 323 g/mol. The molecule has 0 aromatic heterocycles. The van der Waals surface area contributed by atoms with E-state index in [1.165, 1.54) is 5.56 Å². The van der Waals surface area contributed by atoms with Crippen LogP contribution < -0.4 is 10.6 Å². The molecule has 0 bridgehead atoms. The van der Waals surface area contributed by atoms with Crippen molar-refractivity contribution in [3.63, 3.8) is 0 Å². The summed E-state index contributed by atoms with van der Waals surface area (Å²) in [7, 11) is 0. The van der Waals surface area contributed by atoms with E-state index in [-0.39, 0.29) is 18.4 Å². The summed E-state index contributed by atoms with van der Waals surface area (Å²) in [5.41, 5.74) is 4.65. The van der Waals surface area contributed by atoms with Gasteiger partial charge in [0, 0.05) is 18.8 Å². The number of amides is 2. The van der Waals surface area contributed by atoms with Crippen LogP contribution in [-0.2, 0) is 4.79 Å². The Hall–Kier alpha value is -2.82. The van der Waals surface area contributed by atoms with Crippen molar-refractivity contribution >= 4 is 23.2 Å². The van der Waals surface area contributed by atoms with Gasteiger partial charge >= 0.3 is 0 Å². The van der Waals surface area contributed by atoms with Gasteiger partial charge in [-0.3, -0.25) is 9.59 Å². The fourth-order valence-electron chi connectivity index (χ4n) is 2.79. The topological polar surface area (TPSA) is 61.4 Å². The monoisotopic (exact) mass is 323 g/mol. The molecule has 5 heteroatoms. The van der Waals surface area contributed by atoms with Crippen LogP contribution in [0.1, 0.15) is 21.5 Å². The zero-order valence-corrected chi connectivity index (χ0v) is 13.9. The standard InChI is InChI=1S/C19H21N3O2/c1-13-6-5-9-16(14(13)2)21-17-8-4-3-7-15(17)19(24)22-11-10-20-18(23)12-22/h3-9,21H,10-12H2,1-2H3,(H,20,23). The first kappa shape index (κ1) is 16.1. The molecule has 3 rings (SSSR count). The highest BCUT2D eigenvalue weighted by atomic mass is 16.2. The number of hydrogen-bond donors (Lipinski definition) is 2. The molecular weight excluding hydrogens is 302 g/mol. The second kappa shape index (κ2) is 6.74. The highest BCUT2D eigenvalue weighted by Gasteiger charge is 2.24. The molecule has 1 heterocycles. The largest absolute Gasteiger partial charge is 0.355 e. The molecule has 2 aromatic rings. The second-order valence-corrected chi connectivity index (χ2v) is 5.99. The third-order valence-electron chi connectivity index (χ3n) is 4.36. The van der Waals surface area contributed by atoms with Crippen LogP contribution >= 0.6 is 0 Å². The molecule has 5 nitrogen and oxygen atoms in total. The fraction of sp³-hybridized carbons (Fsp3) is 0.263. The minimum atomic E-state index is -0.127. The van der Waals surface area contributed by atoms with Crippen molar-refractivity contribution in [2.24, 2.45) is 0 Å². The van der Waals surface area contributed by atoms with Crippen molar-refractivity contribution in [1.82, 2.24) is 10.2 Å². The molecule has 124 valence electrons. The molecular formula is C19H21N3O2. The van der Waals surface area contributed by atoms with Gasteiger partial charge in [0.25, 0.3) is 5.91 Å². The van der Waals surface area contributed by atoms with E-state index in [0.29, 0.717) is 18.7 Å². The zero-order chi connectivity index (χ0) is 17.1. The summed E-state index contributed by atoms with van der Waals surface area (Å²) >= 11 is 0. The molecule has 1 aliphatic heterocycles. The Kier molecular flexibility index (Phi) is 4.51. The van der Waals surface area contributed by atoms with E-state index in [2.05, 4.69) is 30.5 Å². The maximum absolute atomic E-state index is 12.8. The van der Waals surface area contributed by atoms with Crippen molar-refractivity contribution in [2.45, 2.75) is 13.8 Å². The summed E-state index contributed by atoms with van der Waals surface area (Å²) in [6, 6.07) is 13.5. The molecule has 0 saturated carbocycles. The summed E-state index contributed by atoms with van der Waals surface area (Å²) < 4.78 is 0. The van der Waals surface area contributed by atoms with Gasteiger partial charge < -0.3 is 15.5 Å². The third kappa shape index (κ3) is 3.25. The molecule has 0 spiro atoms. The number of nitrogens with one attached hydrogen (secondary N) is 2. The van der Waals surface area contributed by atoms with Crippen LogP contribution in [0, 0.1) is 13.8 Å². The predicted octanol–water partition coefficient (Wildman–Crippen LogP) is 2.62. The number of para-hydroxylation sites is 1. The van der Waals surface area contributed by atoms with Crippen LogP contribution in [0.5, 0.6) is 0 Å². The number of carbonyl (C=O) groups excluding carboxylic acids is 2. The minimum Gasteiger partial charge on any atom is -0.355 e. The van der Waals surface area contributed by atoms with E-state index in [4.69, 9.17) is 0 Å². The SMILES string of the molecule is Cc1cccc(Nc2ccccc2C(=O)N2CCNC(=O)C2)c1C. The second-order valence-electron chi connectivity index (χ2n) is 5.99. The Morgan fingerprint density at radius 3 is 2.62 bits per heavy atom. The first-order chi connectivity index (χ1) is 11.6. The first-order valence-corrected chi connectivity index (χ1v) is 8.04. The van der Waals surface area contributed by atoms with Gasteiger partial charge in [0.05, 0.1) is 17.8 Å². The van der Waals surface area contributed by atoms with Gasteiger partial charge in [-0.05, 0) is 43.2 Å². The van der Waals surface area contributed by atoms with Gasteiger partial charge in [-0.1, -0.05) is 24.3 Å². The number of nitrogens with zero attached hydrogens (tertiary/aromatic N) is 1. The van der Waals surface area contributed by atoms with Crippen LogP contribution in [0.25, 0.3) is 0 Å². The van der Waals surface area contributed by atoms with Crippen molar-refractivity contribution in [1.29, 1.82) is 0 Å². The number of rotatable bonds is 3. The Morgan fingerprint density at radius 2 is 1.83 bits per heavy atom. The number of piperazine rings is 1. The van der Waals surface area contributed by atoms with E-state index in [0.717, 1.165) is 16.9 Å². The van der Waals surface area contributed by atoms with E-state index in [1.54, 1.807) is 11.0 Å². The molecule has 0 atom stereocenters. The minimum absolute atomic E-state index is 0.108. The molecule has 2 amide bonds. The highest BCUT2D eigenvalue weighted by Crippen LogP contribution is 2.26. The van der Waals surface area contributed by atoms with E-state index >= 15 is 0 Å². The molecule has 0 aliphatic carbocycles. The van der Waals surface area contributed by atoms with Gasteiger partial charge in [-0.15, -0.1) is 0 Å². The number of hydrogen-bond acceptors (Lipinski definition) is 3. The van der Waals surface area contributed by atoms with Crippen LogP contribution in [0.15, 0.2) is 42.5 Å². The Balaban J connectivity index is 1.89. The normalized spacial score (nSPS) is 14.2. The highest BCUT2D eigenvalue weighted by molar-refractivity contribution is 6.02. The van der Waals surface area contributed by atoms with Crippen molar-refractivity contribution in [3.05, 3.63) is 59.2 Å². The average Bonchev–Trinajstić information content (AvgIpc) is 2.59. The van der Waals surface area contributed by atoms with Gasteiger partial charge in [0.2, 0.25) is 5.91 Å². The number of anilines is 2. The Bertz CT molecular complexity index is 786. The lowest BCUT2D eigenvalue weighted by atomic mass is 10.1. The first-order valence-electron chi connectivity index (χ1n) is 8.04. The van der Waals surface area contributed by atoms with Crippen molar-refractivity contribution in [3.8, 4) is 0 Å². The lowest BCUT2D eigenvalue weighted by Gasteiger charge is -2.27. The van der Waals surface area contributed by atoms with Crippen molar-refractivity contribution in [2.75, 3.05) is 25.0 Å². The van der Waals surface area contributed by atoms with Gasteiger partial charge in [0.1, 0.15) is 0 Å². The van der Waals surface area contributed by atoms with Crippen molar-refractivity contribution < 1.29 is 9.59 Å². The molecule has 2 aromatic carbocycles. The lowest BCUT2D eigenvalue weighted by Crippen LogP contribution is -2.50. The smallest absolute Gasteiger partial charge is 0.256 e. The zero-order valence-electron chi connectivity index (χ0n) is 13.9. The van der Waals surface area contributed by atoms with E-state index in [1.807, 2.05) is 30.3 Å². The van der Waals surface area contributed by atoms with E-state index < -0.39 is 0 Å². The van der Waals surface area contributed by atoms with Gasteiger partial charge in [-0.2, -0.15) is 0 Å². The van der Waals surface area contributed by atoms with Gasteiger partial charge in [0.15, 0.2) is 0 Å². The summed E-state index contributed by atoms with van der Waals surface area (Å²) in [6.07, 6.45) is 0. The maximum atomic E-state index is 12.8. The molecule has 1 fully saturated rings. The molecule has 0 unspecified atom stereocenters. The number of benzene rings is 2. The fourth-order valence-corrected chi connectivity index (χ4v) is 2.79. The molecule has 0 radical (unpaired) electrons. The number of carbonyl (C=O) groups is 2. The van der Waals surface area contributed by atoms with E-state index in [9.17, 15) is 9.59 Å². The summed E-state index contributed by atoms with van der Waals surface area (Å²) in [4.78, 5) is 25.9. The molecule has 2 N–H and O–H groups in total. The van der Waals surface area contributed by atoms with Crippen LogP contribution in [0.3, 0.4) is 0 Å². The summed E-state index contributed by atoms with van der Waals surface area (Å²) in [6.45, 7) is 5.25. The third-order valence-corrected chi connectivity index (χ3v) is 4.36. The molecule has 24 heavy (non-hydrogen) atoms. The molecule has 1 aliphatic rings. The molecule has 1 saturated heterocycles. The van der Waals surface area contributed by atoms with Crippen LogP contribution in [0.4, 0.5) is 11.4 Å². The summed E-state index contributed by atoms with van der Waals surface area (Å²) in [5.74, 6) is -0.243. The Labute approximate surface area is 141 Å². The number of aryl methyl sites for hydroxylation is 1. The van der Waals surface area contributed by atoms with Crippen LogP contribution in [0.2, 0.25) is 0 Å².